The number of hydrogen-bond donors (Lipinski definition) is 0. The molecule has 0 aliphatic carbocycles. The lowest BCUT2D eigenvalue weighted by atomic mass is 10.7. The third-order valence-electron chi connectivity index (χ3n) is 1.61. The Balaban J connectivity index is 3.65. The third kappa shape index (κ3) is 10.6. The first-order valence-electron chi connectivity index (χ1n) is 5.62. The van der Waals surface area contributed by atoms with Gasteiger partial charge >= 0.3 is 0 Å². The highest BCUT2D eigenvalue weighted by atomic mass is 28.4. The summed E-state index contributed by atoms with van der Waals surface area (Å²) in [4.78, 5) is 0. The topological polar surface area (TPSA) is 27.7 Å². The Morgan fingerprint density at radius 1 is 0.867 bits per heavy atom. The molecule has 0 rings (SSSR count). The second kappa shape index (κ2) is 6.80. The van der Waals surface area contributed by atoms with Crippen LogP contribution >= 0.6 is 0 Å². The molecule has 3 nitrogen and oxygen atoms in total. The van der Waals surface area contributed by atoms with E-state index in [-0.39, 0.29) is 0 Å². The third-order valence-corrected chi connectivity index (χ3v) is 7.17. The fourth-order valence-corrected chi connectivity index (χ4v) is 8.94. The predicted molar refractivity (Wildman–Crippen MR) is 69.2 cm³/mol. The quantitative estimate of drug-likeness (QED) is 0.490. The normalized spacial score (nSPS) is 13.2. The molecule has 0 aliphatic rings. The summed E-state index contributed by atoms with van der Waals surface area (Å²) >= 11 is 0. The van der Waals surface area contributed by atoms with Crippen molar-refractivity contribution in [3.63, 3.8) is 0 Å². The molecule has 0 atom stereocenters. The van der Waals surface area contributed by atoms with Crippen LogP contribution in [0.5, 0.6) is 0 Å². The van der Waals surface area contributed by atoms with Crippen molar-refractivity contribution in [2.45, 2.75) is 39.7 Å². The highest BCUT2D eigenvalue weighted by molar-refractivity contribution is 6.84. The van der Waals surface area contributed by atoms with Gasteiger partial charge in [-0.15, -0.1) is 0 Å². The van der Waals surface area contributed by atoms with E-state index in [2.05, 4.69) is 32.7 Å². The lowest BCUT2D eigenvalue weighted by molar-refractivity contribution is 0.0661. The zero-order valence-corrected chi connectivity index (χ0v) is 13.1. The van der Waals surface area contributed by atoms with Gasteiger partial charge in [-0.2, -0.15) is 0 Å². The van der Waals surface area contributed by atoms with Gasteiger partial charge in [-0.3, -0.25) is 0 Å². The van der Waals surface area contributed by atoms with Gasteiger partial charge in [0.05, 0.1) is 19.4 Å². The van der Waals surface area contributed by atoms with E-state index in [9.17, 15) is 0 Å². The maximum atomic E-state index is 6.14. The molecule has 0 aromatic rings. The highest BCUT2D eigenvalue weighted by Crippen LogP contribution is 2.14. The molecule has 15 heavy (non-hydrogen) atoms. The molecule has 92 valence electrons. The molecule has 5 heteroatoms. The molecule has 0 unspecified atom stereocenters. The van der Waals surface area contributed by atoms with Crippen molar-refractivity contribution in [3.8, 4) is 0 Å². The zero-order chi connectivity index (χ0) is 11.9. The van der Waals surface area contributed by atoms with E-state index in [1.165, 1.54) is 0 Å². The molecule has 0 radical (unpaired) electrons. The van der Waals surface area contributed by atoms with Gasteiger partial charge in [-0.25, -0.2) is 0 Å². The van der Waals surface area contributed by atoms with Gasteiger partial charge in [0, 0.05) is 6.61 Å². The van der Waals surface area contributed by atoms with Crippen LogP contribution in [0.1, 0.15) is 6.92 Å². The van der Waals surface area contributed by atoms with Crippen molar-refractivity contribution in [1.29, 1.82) is 0 Å². The number of hydrogen-bond acceptors (Lipinski definition) is 3. The summed E-state index contributed by atoms with van der Waals surface area (Å²) in [6.45, 7) is 15.2. The molecular formula is C10H26O3Si2. The van der Waals surface area contributed by atoms with E-state index in [0.29, 0.717) is 13.2 Å². The van der Waals surface area contributed by atoms with E-state index in [4.69, 9.17) is 13.6 Å². The summed E-state index contributed by atoms with van der Waals surface area (Å²) in [5.41, 5.74) is 0. The van der Waals surface area contributed by atoms with Crippen LogP contribution in [0, 0.1) is 0 Å². The molecule has 0 aromatic carbocycles. The first-order valence-corrected chi connectivity index (χ1v) is 12.1. The Labute approximate surface area is 96.4 Å². The van der Waals surface area contributed by atoms with Gasteiger partial charge in [0.25, 0.3) is 0 Å². The average Bonchev–Trinajstić information content (AvgIpc) is 1.99. The minimum Gasteiger partial charge on any atom is -0.454 e. The predicted octanol–water partition coefficient (Wildman–Crippen LogP) is 2.64. The fourth-order valence-electron chi connectivity index (χ4n) is 1.44. The van der Waals surface area contributed by atoms with Crippen LogP contribution in [0.25, 0.3) is 0 Å². The molecule has 0 bridgehead atoms. The summed E-state index contributed by atoms with van der Waals surface area (Å²) in [6.07, 6.45) is 0.768. The first-order chi connectivity index (χ1) is 6.77. The molecule has 0 aliphatic heterocycles. The largest absolute Gasteiger partial charge is 0.454 e. The number of rotatable bonds is 8. The summed E-state index contributed by atoms with van der Waals surface area (Å²) in [5, 5.41) is 0. The van der Waals surface area contributed by atoms with Crippen molar-refractivity contribution in [2.75, 3.05) is 26.1 Å². The van der Waals surface area contributed by atoms with Gasteiger partial charge in [0.15, 0.2) is 16.6 Å². The SMILES string of the molecule is CCOCCOC[Si](C)(C)O[Si](C)(C)C. The van der Waals surface area contributed by atoms with Gasteiger partial charge < -0.3 is 13.6 Å². The smallest absolute Gasteiger partial charge is 0.199 e. The first kappa shape index (κ1) is 15.3. The lowest BCUT2D eigenvalue weighted by Gasteiger charge is -2.31. The zero-order valence-electron chi connectivity index (χ0n) is 11.1. The molecule has 0 N–H and O–H groups in total. The van der Waals surface area contributed by atoms with Crippen LogP contribution in [0.15, 0.2) is 0 Å². The Morgan fingerprint density at radius 3 is 1.87 bits per heavy atom. The minimum absolute atomic E-state index is 0.680. The lowest BCUT2D eigenvalue weighted by Crippen LogP contribution is -2.46. The van der Waals surface area contributed by atoms with Crippen LogP contribution in [-0.4, -0.2) is 42.7 Å². The van der Waals surface area contributed by atoms with Crippen LogP contribution in [0.3, 0.4) is 0 Å². The van der Waals surface area contributed by atoms with Crippen LogP contribution in [0.2, 0.25) is 32.7 Å². The summed E-state index contributed by atoms with van der Waals surface area (Å²) in [7, 11) is -3.03. The van der Waals surface area contributed by atoms with Crippen molar-refractivity contribution in [3.05, 3.63) is 0 Å². The van der Waals surface area contributed by atoms with Gasteiger partial charge in [0.1, 0.15) is 0 Å². The average molecular weight is 250 g/mol. The monoisotopic (exact) mass is 250 g/mol. The molecule has 0 saturated heterocycles. The van der Waals surface area contributed by atoms with Crippen molar-refractivity contribution in [2.24, 2.45) is 0 Å². The molecular weight excluding hydrogens is 224 g/mol. The standard InChI is InChI=1S/C10H26O3Si2/c1-7-11-8-9-12-10-15(5,6)13-14(2,3)4/h7-10H2,1-6H3. The maximum absolute atomic E-state index is 6.14. The fraction of sp³-hybridized carbons (Fsp3) is 1.00. The van der Waals surface area contributed by atoms with E-state index in [1.54, 1.807) is 0 Å². The Bertz CT molecular complexity index is 167. The number of ether oxygens (including phenoxy) is 2. The maximum Gasteiger partial charge on any atom is 0.199 e. The van der Waals surface area contributed by atoms with E-state index < -0.39 is 16.6 Å². The van der Waals surface area contributed by atoms with Gasteiger partial charge in [-0.05, 0) is 39.7 Å². The summed E-state index contributed by atoms with van der Waals surface area (Å²) in [6, 6.07) is 0. The van der Waals surface area contributed by atoms with Crippen LogP contribution < -0.4 is 0 Å². The van der Waals surface area contributed by atoms with Crippen molar-refractivity contribution in [1.82, 2.24) is 0 Å². The Hall–Kier alpha value is 0.314. The van der Waals surface area contributed by atoms with Gasteiger partial charge in [0.2, 0.25) is 0 Å². The molecule has 0 fully saturated rings. The Morgan fingerprint density at radius 2 is 1.40 bits per heavy atom. The van der Waals surface area contributed by atoms with Crippen molar-refractivity contribution >= 4 is 16.6 Å². The second-order valence-corrected chi connectivity index (χ2v) is 14.1. The highest BCUT2D eigenvalue weighted by Gasteiger charge is 2.29. The molecule has 0 aromatic heterocycles. The van der Waals surface area contributed by atoms with E-state index in [0.717, 1.165) is 12.8 Å². The van der Waals surface area contributed by atoms with Crippen LogP contribution in [-0.2, 0) is 13.6 Å². The molecule has 0 amide bonds. The van der Waals surface area contributed by atoms with E-state index in [1.807, 2.05) is 6.92 Å². The summed E-state index contributed by atoms with van der Waals surface area (Å²) < 4.78 is 16.9. The van der Waals surface area contributed by atoms with Crippen LogP contribution in [0.4, 0.5) is 0 Å². The van der Waals surface area contributed by atoms with Gasteiger partial charge in [-0.1, -0.05) is 0 Å². The molecule has 0 saturated carbocycles. The molecule has 0 heterocycles. The minimum atomic E-state index is -1.61. The summed E-state index contributed by atoms with van der Waals surface area (Å²) in [5.74, 6) is 0. The van der Waals surface area contributed by atoms with E-state index >= 15 is 0 Å². The molecule has 0 spiro atoms. The Kier molecular flexibility index (Phi) is 6.94. The van der Waals surface area contributed by atoms with Crippen molar-refractivity contribution < 1.29 is 13.6 Å². The second-order valence-electron chi connectivity index (χ2n) is 5.22.